The van der Waals surface area contributed by atoms with Crippen molar-refractivity contribution in [2.24, 2.45) is 0 Å². The van der Waals surface area contributed by atoms with E-state index in [1.807, 2.05) is 16.8 Å². The number of rotatable bonds is 1. The zero-order valence-corrected chi connectivity index (χ0v) is 7.21. The standard InChI is InChI=1S/C8H8S2/c9-5-2-1-3-8-4-6-10-7-8/h4,6-7,9H,2,5H2. The first kappa shape index (κ1) is 7.71. The minimum Gasteiger partial charge on any atom is -0.178 e. The van der Waals surface area contributed by atoms with Crippen molar-refractivity contribution >= 4 is 24.0 Å². The van der Waals surface area contributed by atoms with Gasteiger partial charge in [-0.25, -0.2) is 0 Å². The van der Waals surface area contributed by atoms with Crippen LogP contribution in [0.5, 0.6) is 0 Å². The van der Waals surface area contributed by atoms with Gasteiger partial charge in [-0.1, -0.05) is 11.8 Å². The Morgan fingerprint density at radius 2 is 2.50 bits per heavy atom. The molecule has 52 valence electrons. The normalized spacial score (nSPS) is 8.50. The topological polar surface area (TPSA) is 0 Å². The predicted molar refractivity (Wildman–Crippen MR) is 49.7 cm³/mol. The van der Waals surface area contributed by atoms with E-state index in [2.05, 4.69) is 24.5 Å². The van der Waals surface area contributed by atoms with Gasteiger partial charge < -0.3 is 0 Å². The van der Waals surface area contributed by atoms with Gasteiger partial charge >= 0.3 is 0 Å². The highest BCUT2D eigenvalue weighted by molar-refractivity contribution is 7.80. The summed E-state index contributed by atoms with van der Waals surface area (Å²) in [7, 11) is 0. The van der Waals surface area contributed by atoms with E-state index in [1.54, 1.807) is 11.3 Å². The molecule has 1 aromatic rings. The molecule has 0 unspecified atom stereocenters. The van der Waals surface area contributed by atoms with Crippen LogP contribution in [0.2, 0.25) is 0 Å². The summed E-state index contributed by atoms with van der Waals surface area (Å²) in [5.74, 6) is 6.90. The molecule has 1 rings (SSSR count). The number of hydrogen-bond donors (Lipinski definition) is 1. The fraction of sp³-hybridized carbons (Fsp3) is 0.250. The highest BCUT2D eigenvalue weighted by Crippen LogP contribution is 2.03. The number of thiophene rings is 1. The Kier molecular flexibility index (Phi) is 3.42. The van der Waals surface area contributed by atoms with Crippen LogP contribution in [0.4, 0.5) is 0 Å². The quantitative estimate of drug-likeness (QED) is 0.483. The van der Waals surface area contributed by atoms with Crippen molar-refractivity contribution in [1.82, 2.24) is 0 Å². The Bertz CT molecular complexity index is 226. The van der Waals surface area contributed by atoms with E-state index in [9.17, 15) is 0 Å². The maximum absolute atomic E-state index is 4.05. The van der Waals surface area contributed by atoms with Crippen molar-refractivity contribution in [2.75, 3.05) is 5.75 Å². The van der Waals surface area contributed by atoms with E-state index in [0.717, 1.165) is 17.7 Å². The first-order valence-electron chi connectivity index (χ1n) is 3.05. The second-order valence-electron chi connectivity index (χ2n) is 1.79. The van der Waals surface area contributed by atoms with E-state index in [-0.39, 0.29) is 0 Å². The molecule has 0 saturated carbocycles. The molecular formula is C8H8S2. The Morgan fingerprint density at radius 3 is 3.10 bits per heavy atom. The van der Waals surface area contributed by atoms with Crippen LogP contribution in [-0.4, -0.2) is 5.75 Å². The van der Waals surface area contributed by atoms with Crippen LogP contribution in [-0.2, 0) is 0 Å². The van der Waals surface area contributed by atoms with Gasteiger partial charge in [-0.15, -0.1) is 0 Å². The highest BCUT2D eigenvalue weighted by atomic mass is 32.1. The van der Waals surface area contributed by atoms with Crippen LogP contribution < -0.4 is 0 Å². The van der Waals surface area contributed by atoms with Crippen LogP contribution in [0.25, 0.3) is 0 Å². The van der Waals surface area contributed by atoms with E-state index in [0.29, 0.717) is 0 Å². The molecule has 1 heterocycles. The molecule has 0 spiro atoms. The van der Waals surface area contributed by atoms with Crippen molar-refractivity contribution in [3.8, 4) is 11.8 Å². The van der Waals surface area contributed by atoms with Gasteiger partial charge in [-0.3, -0.25) is 0 Å². The second kappa shape index (κ2) is 4.43. The SMILES string of the molecule is SCCC#Cc1ccsc1. The zero-order valence-electron chi connectivity index (χ0n) is 5.50. The van der Waals surface area contributed by atoms with Crippen LogP contribution in [0.3, 0.4) is 0 Å². The number of thiol groups is 1. The predicted octanol–water partition coefficient (Wildman–Crippen LogP) is 2.42. The lowest BCUT2D eigenvalue weighted by Crippen LogP contribution is -1.67. The van der Waals surface area contributed by atoms with Gasteiger partial charge in [0.2, 0.25) is 0 Å². The molecule has 0 amide bonds. The third-order valence-corrected chi connectivity index (χ3v) is 1.90. The average Bonchev–Trinajstić information content (AvgIpc) is 2.41. The molecule has 0 atom stereocenters. The molecule has 10 heavy (non-hydrogen) atoms. The summed E-state index contributed by atoms with van der Waals surface area (Å²) in [6, 6.07) is 2.02. The highest BCUT2D eigenvalue weighted by Gasteiger charge is 1.81. The molecule has 0 N–H and O–H groups in total. The van der Waals surface area contributed by atoms with Crippen molar-refractivity contribution in [1.29, 1.82) is 0 Å². The Balaban J connectivity index is 2.49. The second-order valence-corrected chi connectivity index (χ2v) is 3.01. The van der Waals surface area contributed by atoms with Gasteiger partial charge in [-0.2, -0.15) is 24.0 Å². The van der Waals surface area contributed by atoms with Gasteiger partial charge in [0.05, 0.1) is 0 Å². The van der Waals surface area contributed by atoms with E-state index in [1.165, 1.54) is 0 Å². The van der Waals surface area contributed by atoms with Crippen LogP contribution in [0.1, 0.15) is 12.0 Å². The monoisotopic (exact) mass is 168 g/mol. The molecule has 1 aromatic heterocycles. The molecule has 0 aliphatic rings. The third kappa shape index (κ3) is 2.47. The minimum absolute atomic E-state index is 0.844. The molecule has 0 aliphatic heterocycles. The third-order valence-electron chi connectivity index (χ3n) is 0.991. The van der Waals surface area contributed by atoms with Gasteiger partial charge in [0.25, 0.3) is 0 Å². The minimum atomic E-state index is 0.844. The molecule has 0 fully saturated rings. The van der Waals surface area contributed by atoms with Crippen LogP contribution >= 0.6 is 24.0 Å². The summed E-state index contributed by atoms with van der Waals surface area (Å²) >= 11 is 5.73. The van der Waals surface area contributed by atoms with E-state index < -0.39 is 0 Å². The lowest BCUT2D eigenvalue weighted by atomic mass is 10.3. The fourth-order valence-corrected chi connectivity index (χ4v) is 1.26. The lowest BCUT2D eigenvalue weighted by molar-refractivity contribution is 1.31. The van der Waals surface area contributed by atoms with E-state index in [4.69, 9.17) is 0 Å². The zero-order chi connectivity index (χ0) is 7.23. The molecular weight excluding hydrogens is 160 g/mol. The Labute approximate surface area is 70.7 Å². The first-order chi connectivity index (χ1) is 4.93. The van der Waals surface area contributed by atoms with Gasteiger partial charge in [0.1, 0.15) is 0 Å². The summed E-state index contributed by atoms with van der Waals surface area (Å²) in [6.07, 6.45) is 0.874. The molecule has 0 nitrogen and oxygen atoms in total. The van der Waals surface area contributed by atoms with Crippen molar-refractivity contribution in [3.05, 3.63) is 22.4 Å². The van der Waals surface area contributed by atoms with Crippen LogP contribution in [0.15, 0.2) is 16.8 Å². The maximum Gasteiger partial charge on any atom is 0.0352 e. The summed E-state index contributed by atoms with van der Waals surface area (Å²) < 4.78 is 0. The van der Waals surface area contributed by atoms with Crippen molar-refractivity contribution < 1.29 is 0 Å². The largest absolute Gasteiger partial charge is 0.178 e. The maximum atomic E-state index is 4.05. The lowest BCUT2D eigenvalue weighted by Gasteiger charge is -1.76. The number of hydrogen-bond acceptors (Lipinski definition) is 2. The molecule has 0 aromatic carbocycles. The van der Waals surface area contributed by atoms with Crippen LogP contribution in [0, 0.1) is 11.8 Å². The summed E-state index contributed by atoms with van der Waals surface area (Å²) in [5.41, 5.74) is 1.12. The molecule has 0 bridgehead atoms. The van der Waals surface area contributed by atoms with Crippen molar-refractivity contribution in [3.63, 3.8) is 0 Å². The molecule has 0 aliphatic carbocycles. The van der Waals surface area contributed by atoms with Gasteiger partial charge in [0, 0.05) is 23.1 Å². The van der Waals surface area contributed by atoms with Crippen molar-refractivity contribution in [2.45, 2.75) is 6.42 Å². The Morgan fingerprint density at radius 1 is 1.60 bits per heavy atom. The summed E-state index contributed by atoms with van der Waals surface area (Å²) in [5, 5.41) is 4.08. The van der Waals surface area contributed by atoms with Gasteiger partial charge in [-0.05, 0) is 11.4 Å². The molecule has 2 heteroatoms. The summed E-state index contributed by atoms with van der Waals surface area (Å²) in [6.45, 7) is 0. The van der Waals surface area contributed by atoms with E-state index >= 15 is 0 Å². The fourth-order valence-electron chi connectivity index (χ4n) is 0.556. The van der Waals surface area contributed by atoms with Gasteiger partial charge in [0.15, 0.2) is 0 Å². The first-order valence-corrected chi connectivity index (χ1v) is 4.63. The molecule has 0 saturated heterocycles. The smallest absolute Gasteiger partial charge is 0.0352 e. The summed E-state index contributed by atoms with van der Waals surface area (Å²) in [4.78, 5) is 0. The Hall–Kier alpha value is -0.390. The molecule has 0 radical (unpaired) electrons. The average molecular weight is 168 g/mol.